The summed E-state index contributed by atoms with van der Waals surface area (Å²) in [4.78, 5) is 0. The highest BCUT2D eigenvalue weighted by atomic mass is 14.6. The van der Waals surface area contributed by atoms with Crippen LogP contribution in [0.15, 0.2) is 188 Å². The van der Waals surface area contributed by atoms with Crippen molar-refractivity contribution in [3.05, 3.63) is 204 Å². The molecule has 0 spiro atoms. The van der Waals surface area contributed by atoms with E-state index < -0.39 is 0 Å². The molecule has 0 atom stereocenters. The Kier molecular flexibility index (Phi) is 8.54. The summed E-state index contributed by atoms with van der Waals surface area (Å²) >= 11 is 0. The van der Waals surface area contributed by atoms with Gasteiger partial charge in [-0.1, -0.05) is 175 Å². The number of nitrogens with two attached hydrogens (primary N) is 1. The predicted octanol–water partition coefficient (Wildman–Crippen LogP) is 14.0. The molecule has 0 heterocycles. The summed E-state index contributed by atoms with van der Waals surface area (Å²) in [5.41, 5.74) is 18.8. The van der Waals surface area contributed by atoms with Gasteiger partial charge in [0.15, 0.2) is 0 Å². The Hall–Kier alpha value is -6.44. The van der Waals surface area contributed by atoms with Gasteiger partial charge in [0.05, 0.1) is 0 Å². The highest BCUT2D eigenvalue weighted by Gasteiger charge is 2.20. The topological polar surface area (TPSA) is 26.0 Å². The Labute approximate surface area is 311 Å². The lowest BCUT2D eigenvalue weighted by Gasteiger charge is -2.22. The SMILES string of the molecule is Cc1ccc(-c2cccc3c(-c4c5ccccc5c(C5=CC(C/C=C\C=C(/N)c6ccc7ccccc7c6)=CCC5)c5ccccc45)cccc23)cc1. The van der Waals surface area contributed by atoms with Crippen molar-refractivity contribution in [3.8, 4) is 22.3 Å². The lowest BCUT2D eigenvalue weighted by molar-refractivity contribution is 1.02. The zero-order valence-electron chi connectivity index (χ0n) is 30.0. The Balaban J connectivity index is 1.10. The molecule has 0 amide bonds. The van der Waals surface area contributed by atoms with Crippen LogP contribution in [0, 0.1) is 6.92 Å². The maximum Gasteiger partial charge on any atom is 0.0387 e. The van der Waals surface area contributed by atoms with Crippen LogP contribution < -0.4 is 5.73 Å². The van der Waals surface area contributed by atoms with Crippen molar-refractivity contribution in [2.24, 2.45) is 5.73 Å². The van der Waals surface area contributed by atoms with Crippen molar-refractivity contribution in [3.63, 3.8) is 0 Å². The summed E-state index contributed by atoms with van der Waals surface area (Å²) in [7, 11) is 0. The maximum atomic E-state index is 6.52. The van der Waals surface area contributed by atoms with Crippen molar-refractivity contribution < 1.29 is 0 Å². The van der Waals surface area contributed by atoms with Crippen LogP contribution in [-0.4, -0.2) is 0 Å². The molecule has 0 aromatic heterocycles. The molecule has 254 valence electrons. The summed E-state index contributed by atoms with van der Waals surface area (Å²) in [5.74, 6) is 0. The molecular weight excluding hydrogens is 639 g/mol. The van der Waals surface area contributed by atoms with E-state index >= 15 is 0 Å². The van der Waals surface area contributed by atoms with E-state index in [9.17, 15) is 0 Å². The maximum absolute atomic E-state index is 6.52. The van der Waals surface area contributed by atoms with Crippen LogP contribution in [0.2, 0.25) is 0 Å². The van der Waals surface area contributed by atoms with Gasteiger partial charge in [-0.05, 0) is 126 Å². The molecule has 1 aliphatic rings. The van der Waals surface area contributed by atoms with Crippen LogP contribution in [0.3, 0.4) is 0 Å². The van der Waals surface area contributed by atoms with E-state index in [-0.39, 0.29) is 0 Å². The first-order chi connectivity index (χ1) is 26.1. The second-order valence-electron chi connectivity index (χ2n) is 14.2. The molecule has 0 saturated heterocycles. The van der Waals surface area contributed by atoms with Crippen molar-refractivity contribution in [1.82, 2.24) is 0 Å². The van der Waals surface area contributed by atoms with E-state index in [0.29, 0.717) is 0 Å². The lowest BCUT2D eigenvalue weighted by atomic mass is 9.82. The summed E-state index contributed by atoms with van der Waals surface area (Å²) in [6, 6.07) is 55.3. The molecular formula is C52H41N. The van der Waals surface area contributed by atoms with E-state index in [1.165, 1.54) is 87.6 Å². The Bertz CT molecular complexity index is 2750. The van der Waals surface area contributed by atoms with Crippen LogP contribution in [0.4, 0.5) is 0 Å². The van der Waals surface area contributed by atoms with Gasteiger partial charge < -0.3 is 5.73 Å². The molecule has 0 bridgehead atoms. The number of hydrogen-bond acceptors (Lipinski definition) is 1. The van der Waals surface area contributed by atoms with Gasteiger partial charge >= 0.3 is 0 Å². The minimum atomic E-state index is 0.774. The third kappa shape index (κ3) is 6.15. The van der Waals surface area contributed by atoms with Gasteiger partial charge in [0.2, 0.25) is 0 Å². The highest BCUT2D eigenvalue weighted by molar-refractivity contribution is 6.22. The van der Waals surface area contributed by atoms with E-state index in [0.717, 1.165) is 30.5 Å². The molecule has 0 unspecified atom stereocenters. The van der Waals surface area contributed by atoms with Gasteiger partial charge in [0, 0.05) is 5.70 Å². The van der Waals surface area contributed by atoms with Gasteiger partial charge in [0.25, 0.3) is 0 Å². The van der Waals surface area contributed by atoms with Gasteiger partial charge in [0.1, 0.15) is 0 Å². The van der Waals surface area contributed by atoms with Crippen molar-refractivity contribution in [2.45, 2.75) is 26.2 Å². The molecule has 53 heavy (non-hydrogen) atoms. The monoisotopic (exact) mass is 679 g/mol. The first-order valence-corrected chi connectivity index (χ1v) is 18.7. The lowest BCUT2D eigenvalue weighted by Crippen LogP contribution is -1.97. The largest absolute Gasteiger partial charge is 0.398 e. The number of allylic oxidation sites excluding steroid dienone is 7. The molecule has 0 fully saturated rings. The molecule has 1 nitrogen and oxygen atoms in total. The molecule has 2 N–H and O–H groups in total. The quantitative estimate of drug-likeness (QED) is 0.132. The van der Waals surface area contributed by atoms with E-state index in [2.05, 4.69) is 183 Å². The minimum absolute atomic E-state index is 0.774. The van der Waals surface area contributed by atoms with Crippen LogP contribution in [0.25, 0.3) is 76.6 Å². The third-order valence-electron chi connectivity index (χ3n) is 10.8. The van der Waals surface area contributed by atoms with Crippen LogP contribution in [0.1, 0.15) is 36.0 Å². The highest BCUT2D eigenvalue weighted by Crippen LogP contribution is 2.46. The second kappa shape index (κ2) is 13.9. The Morgan fingerprint density at radius 1 is 0.585 bits per heavy atom. The van der Waals surface area contributed by atoms with Crippen molar-refractivity contribution in [1.29, 1.82) is 0 Å². The Morgan fingerprint density at radius 2 is 1.19 bits per heavy atom. The molecule has 9 rings (SSSR count). The molecule has 1 aliphatic carbocycles. The molecule has 1 heteroatoms. The first kappa shape index (κ1) is 32.5. The smallest absolute Gasteiger partial charge is 0.0387 e. The summed E-state index contributed by atoms with van der Waals surface area (Å²) in [6.45, 7) is 2.14. The average Bonchev–Trinajstić information content (AvgIpc) is 3.21. The number of benzene rings is 8. The van der Waals surface area contributed by atoms with E-state index in [4.69, 9.17) is 5.73 Å². The van der Waals surface area contributed by atoms with Gasteiger partial charge in [-0.15, -0.1) is 0 Å². The summed E-state index contributed by atoms with van der Waals surface area (Å²) in [5, 5.41) is 10.2. The van der Waals surface area contributed by atoms with Gasteiger partial charge in [-0.2, -0.15) is 0 Å². The van der Waals surface area contributed by atoms with Gasteiger partial charge in [-0.3, -0.25) is 0 Å². The molecule has 0 aliphatic heterocycles. The molecule has 8 aromatic rings. The van der Waals surface area contributed by atoms with Gasteiger partial charge in [-0.25, -0.2) is 0 Å². The minimum Gasteiger partial charge on any atom is -0.398 e. The average molecular weight is 680 g/mol. The number of hydrogen-bond donors (Lipinski definition) is 1. The fourth-order valence-corrected chi connectivity index (χ4v) is 8.23. The normalized spacial score (nSPS) is 13.6. The molecule has 0 saturated carbocycles. The summed E-state index contributed by atoms with van der Waals surface area (Å²) in [6.07, 6.45) is 14.1. The fourth-order valence-electron chi connectivity index (χ4n) is 8.23. The first-order valence-electron chi connectivity index (χ1n) is 18.7. The number of fused-ring (bicyclic) bond motifs is 4. The number of aryl methyl sites for hydroxylation is 1. The fraction of sp³-hybridized carbons (Fsp3) is 0.0769. The Morgan fingerprint density at radius 3 is 1.91 bits per heavy atom. The summed E-state index contributed by atoms with van der Waals surface area (Å²) < 4.78 is 0. The molecule has 0 radical (unpaired) electrons. The van der Waals surface area contributed by atoms with Crippen molar-refractivity contribution in [2.75, 3.05) is 0 Å². The molecule has 8 aromatic carbocycles. The zero-order chi connectivity index (χ0) is 35.7. The van der Waals surface area contributed by atoms with E-state index in [1.54, 1.807) is 0 Å². The van der Waals surface area contributed by atoms with Crippen LogP contribution in [-0.2, 0) is 0 Å². The van der Waals surface area contributed by atoms with Crippen LogP contribution in [0.5, 0.6) is 0 Å². The second-order valence-corrected chi connectivity index (χ2v) is 14.2. The predicted molar refractivity (Wildman–Crippen MR) is 230 cm³/mol. The third-order valence-corrected chi connectivity index (χ3v) is 10.8. The van der Waals surface area contributed by atoms with Crippen molar-refractivity contribution >= 4 is 54.4 Å². The zero-order valence-corrected chi connectivity index (χ0v) is 30.0. The number of rotatable bonds is 7. The van der Waals surface area contributed by atoms with E-state index in [1.807, 2.05) is 6.08 Å². The van der Waals surface area contributed by atoms with Crippen LogP contribution >= 0.6 is 0 Å². The standard InChI is InChI=1S/C52H41N/c1-35-27-29-38(30-28-35)42-22-11-24-44-43(42)23-12-25-45(44)52-48-20-7-5-18-46(48)51(47-19-6-8-21-49(47)52)41-17-10-14-36(33-41)13-2-9-26-50(53)40-32-31-37-15-3-4-16-39(37)34-40/h2-9,11-12,14-16,18-34H,10,13,17,53H2,1H3/b9-2-,50-26-.